The van der Waals surface area contributed by atoms with Crippen molar-refractivity contribution < 1.29 is 9.18 Å². The van der Waals surface area contributed by atoms with E-state index in [9.17, 15) is 9.18 Å². The van der Waals surface area contributed by atoms with Gasteiger partial charge in [-0.1, -0.05) is 32.9 Å². The maximum atomic E-state index is 13.2. The van der Waals surface area contributed by atoms with Crippen LogP contribution in [0.2, 0.25) is 0 Å². The molecule has 1 aliphatic heterocycles. The molecule has 1 amide bonds. The number of carbonyl (C=O) groups excluding carboxylic acids is 1. The van der Waals surface area contributed by atoms with E-state index in [4.69, 9.17) is 0 Å². The molecule has 0 atom stereocenters. The largest absolute Gasteiger partial charge is 0.353 e. The van der Waals surface area contributed by atoms with Crippen LogP contribution in [-0.2, 0) is 5.41 Å². The first kappa shape index (κ1) is 21.0. The fourth-order valence-electron chi connectivity index (χ4n) is 3.73. The molecule has 2 aromatic carbocycles. The van der Waals surface area contributed by atoms with Gasteiger partial charge < -0.3 is 9.80 Å². The number of hydrogen-bond acceptors (Lipinski definition) is 4. The van der Waals surface area contributed by atoms with Gasteiger partial charge in [0.25, 0.3) is 5.91 Å². The van der Waals surface area contributed by atoms with E-state index in [2.05, 4.69) is 35.6 Å². The van der Waals surface area contributed by atoms with Crippen LogP contribution < -0.4 is 4.90 Å². The molecule has 1 aliphatic rings. The first-order valence-electron chi connectivity index (χ1n) is 10.5. The molecule has 0 radical (unpaired) electrons. The Hall–Kier alpha value is -3.28. The highest BCUT2D eigenvalue weighted by Crippen LogP contribution is 2.24. The van der Waals surface area contributed by atoms with Crippen molar-refractivity contribution in [2.24, 2.45) is 0 Å². The SMILES string of the molecule is CC(C)(C)c1ccc(C(=O)N2CCN(c3cc(-c4ccc(F)cc4)ncn3)CC2)cc1. The summed E-state index contributed by atoms with van der Waals surface area (Å²) >= 11 is 0. The third-order valence-electron chi connectivity index (χ3n) is 5.68. The van der Waals surface area contributed by atoms with Crippen LogP contribution in [0.5, 0.6) is 0 Å². The minimum absolute atomic E-state index is 0.0646. The van der Waals surface area contributed by atoms with Crippen molar-refractivity contribution in [3.8, 4) is 11.3 Å². The lowest BCUT2D eigenvalue weighted by molar-refractivity contribution is 0.0746. The van der Waals surface area contributed by atoms with Gasteiger partial charge in [-0.05, 0) is 47.4 Å². The van der Waals surface area contributed by atoms with Crippen LogP contribution in [0.3, 0.4) is 0 Å². The van der Waals surface area contributed by atoms with Crippen LogP contribution in [0, 0.1) is 5.82 Å². The van der Waals surface area contributed by atoms with E-state index >= 15 is 0 Å². The van der Waals surface area contributed by atoms with Gasteiger partial charge in [0.2, 0.25) is 0 Å². The van der Waals surface area contributed by atoms with Gasteiger partial charge in [-0.3, -0.25) is 4.79 Å². The monoisotopic (exact) mass is 418 g/mol. The maximum Gasteiger partial charge on any atom is 0.253 e. The molecule has 1 aromatic heterocycles. The Bertz CT molecular complexity index is 1050. The molecule has 0 bridgehead atoms. The highest BCUT2D eigenvalue weighted by atomic mass is 19.1. The first-order chi connectivity index (χ1) is 14.8. The molecular formula is C25H27FN4O. The quantitative estimate of drug-likeness (QED) is 0.627. The van der Waals surface area contributed by atoms with Crippen molar-refractivity contribution in [3.05, 3.63) is 77.9 Å². The molecule has 5 nitrogen and oxygen atoms in total. The van der Waals surface area contributed by atoms with E-state index < -0.39 is 0 Å². The molecule has 0 N–H and O–H groups in total. The summed E-state index contributed by atoms with van der Waals surface area (Å²) in [5.74, 6) is 0.609. The van der Waals surface area contributed by atoms with E-state index in [1.54, 1.807) is 12.1 Å². The molecule has 1 fully saturated rings. The molecule has 0 unspecified atom stereocenters. The van der Waals surface area contributed by atoms with Crippen molar-refractivity contribution in [3.63, 3.8) is 0 Å². The summed E-state index contributed by atoms with van der Waals surface area (Å²) in [5, 5.41) is 0. The lowest BCUT2D eigenvalue weighted by atomic mass is 9.86. The van der Waals surface area contributed by atoms with Gasteiger partial charge in [-0.2, -0.15) is 0 Å². The first-order valence-corrected chi connectivity index (χ1v) is 10.5. The molecule has 2 heterocycles. The average molecular weight is 419 g/mol. The second-order valence-corrected chi connectivity index (χ2v) is 8.87. The number of hydrogen-bond donors (Lipinski definition) is 0. The number of carbonyl (C=O) groups is 1. The standard InChI is InChI=1S/C25H27FN4O/c1-25(2,3)20-8-4-19(5-9-20)24(31)30-14-12-29(13-15-30)23-16-22(27-17-28-23)18-6-10-21(26)11-7-18/h4-11,16-17H,12-15H2,1-3H3. The van der Waals surface area contributed by atoms with Gasteiger partial charge in [0.1, 0.15) is 18.0 Å². The van der Waals surface area contributed by atoms with Crippen LogP contribution in [0.15, 0.2) is 60.9 Å². The van der Waals surface area contributed by atoms with Gasteiger partial charge >= 0.3 is 0 Å². The van der Waals surface area contributed by atoms with Crippen molar-refractivity contribution in [2.75, 3.05) is 31.1 Å². The van der Waals surface area contributed by atoms with Crippen LogP contribution in [-0.4, -0.2) is 47.0 Å². The minimum atomic E-state index is -0.271. The Labute approximate surface area is 182 Å². The highest BCUT2D eigenvalue weighted by Gasteiger charge is 2.24. The predicted molar refractivity (Wildman–Crippen MR) is 121 cm³/mol. The molecule has 0 saturated carbocycles. The van der Waals surface area contributed by atoms with Gasteiger partial charge in [-0.25, -0.2) is 14.4 Å². The van der Waals surface area contributed by atoms with Crippen molar-refractivity contribution in [2.45, 2.75) is 26.2 Å². The molecule has 1 saturated heterocycles. The fourth-order valence-corrected chi connectivity index (χ4v) is 3.73. The number of nitrogens with zero attached hydrogens (tertiary/aromatic N) is 4. The average Bonchev–Trinajstić information content (AvgIpc) is 2.79. The third kappa shape index (κ3) is 4.74. The smallest absolute Gasteiger partial charge is 0.253 e. The zero-order chi connectivity index (χ0) is 22.0. The molecule has 31 heavy (non-hydrogen) atoms. The van der Waals surface area contributed by atoms with Crippen LogP contribution in [0.1, 0.15) is 36.7 Å². The summed E-state index contributed by atoms with van der Waals surface area (Å²) in [6, 6.07) is 16.1. The van der Waals surface area contributed by atoms with Gasteiger partial charge in [-0.15, -0.1) is 0 Å². The second kappa shape index (κ2) is 8.46. The van der Waals surface area contributed by atoms with Crippen molar-refractivity contribution in [1.29, 1.82) is 0 Å². The van der Waals surface area contributed by atoms with Gasteiger partial charge in [0.05, 0.1) is 5.69 Å². The van der Waals surface area contributed by atoms with Crippen LogP contribution in [0.4, 0.5) is 10.2 Å². The number of halogens is 1. The number of aromatic nitrogens is 2. The Morgan fingerprint density at radius 3 is 2.16 bits per heavy atom. The molecule has 0 spiro atoms. The zero-order valence-corrected chi connectivity index (χ0v) is 18.2. The van der Waals surface area contributed by atoms with Gasteiger partial charge in [0.15, 0.2) is 0 Å². The summed E-state index contributed by atoms with van der Waals surface area (Å²) in [6.45, 7) is 9.16. The Balaban J connectivity index is 1.41. The Morgan fingerprint density at radius 1 is 0.903 bits per heavy atom. The summed E-state index contributed by atoms with van der Waals surface area (Å²) in [7, 11) is 0. The zero-order valence-electron chi connectivity index (χ0n) is 18.2. The fraction of sp³-hybridized carbons (Fsp3) is 0.320. The molecule has 4 rings (SSSR count). The van der Waals surface area contributed by atoms with Gasteiger partial charge in [0, 0.05) is 43.4 Å². The van der Waals surface area contributed by atoms with E-state index in [0.29, 0.717) is 26.2 Å². The van der Waals surface area contributed by atoms with E-state index in [-0.39, 0.29) is 17.1 Å². The lowest BCUT2D eigenvalue weighted by Gasteiger charge is -2.35. The minimum Gasteiger partial charge on any atom is -0.353 e. The number of benzene rings is 2. The molecule has 160 valence electrons. The number of rotatable bonds is 3. The molecule has 0 aliphatic carbocycles. The summed E-state index contributed by atoms with van der Waals surface area (Å²) < 4.78 is 13.2. The van der Waals surface area contributed by atoms with E-state index in [1.165, 1.54) is 24.0 Å². The van der Waals surface area contributed by atoms with Crippen LogP contribution in [0.25, 0.3) is 11.3 Å². The molecule has 3 aromatic rings. The molecular weight excluding hydrogens is 391 g/mol. The number of amides is 1. The highest BCUT2D eigenvalue weighted by molar-refractivity contribution is 5.94. The summed E-state index contributed by atoms with van der Waals surface area (Å²) in [6.07, 6.45) is 1.53. The van der Waals surface area contributed by atoms with Crippen molar-refractivity contribution >= 4 is 11.7 Å². The second-order valence-electron chi connectivity index (χ2n) is 8.87. The Morgan fingerprint density at radius 2 is 1.55 bits per heavy atom. The number of piperazine rings is 1. The number of anilines is 1. The lowest BCUT2D eigenvalue weighted by Crippen LogP contribution is -2.49. The normalized spacial score (nSPS) is 14.6. The Kier molecular flexibility index (Phi) is 5.72. The third-order valence-corrected chi connectivity index (χ3v) is 5.68. The summed E-state index contributed by atoms with van der Waals surface area (Å²) in [4.78, 5) is 25.7. The van der Waals surface area contributed by atoms with E-state index in [1.807, 2.05) is 35.2 Å². The summed E-state index contributed by atoms with van der Waals surface area (Å²) in [5.41, 5.74) is 3.61. The van der Waals surface area contributed by atoms with Crippen molar-refractivity contribution in [1.82, 2.24) is 14.9 Å². The topological polar surface area (TPSA) is 49.3 Å². The maximum absolute atomic E-state index is 13.2. The predicted octanol–water partition coefficient (Wildman–Crippen LogP) is 4.54. The van der Waals surface area contributed by atoms with Crippen LogP contribution >= 0.6 is 0 Å². The van der Waals surface area contributed by atoms with E-state index in [0.717, 1.165) is 22.6 Å². The molecule has 6 heteroatoms.